The van der Waals surface area contributed by atoms with Crippen molar-refractivity contribution in [2.45, 2.75) is 45.4 Å². The van der Waals surface area contributed by atoms with Gasteiger partial charge in [0.15, 0.2) is 0 Å². The van der Waals surface area contributed by atoms with E-state index in [1.165, 1.54) is 11.3 Å². The second kappa shape index (κ2) is 9.85. The molecule has 6 rings (SSSR count). The molecule has 2 saturated heterocycles. The summed E-state index contributed by atoms with van der Waals surface area (Å²) < 4.78 is 6.50. The lowest BCUT2D eigenvalue weighted by Gasteiger charge is -2.45. The Balaban J connectivity index is 1.21. The molecule has 1 aromatic heterocycles. The van der Waals surface area contributed by atoms with Crippen LogP contribution in [0.2, 0.25) is 0 Å². The summed E-state index contributed by atoms with van der Waals surface area (Å²) in [6.07, 6.45) is 1.77. The Kier molecular flexibility index (Phi) is 6.39. The minimum absolute atomic E-state index is 0.288. The second-order valence-corrected chi connectivity index (χ2v) is 10.9. The third-order valence-electron chi connectivity index (χ3n) is 8.40. The minimum Gasteiger partial charge on any atom is -0.491 e. The van der Waals surface area contributed by atoms with Gasteiger partial charge in [0.1, 0.15) is 18.4 Å². The van der Waals surface area contributed by atoms with Crippen LogP contribution >= 0.6 is 0 Å². The molecule has 3 aliphatic rings. The Morgan fingerprint density at radius 3 is 2.65 bits per heavy atom. The number of benzene rings is 2. The fraction of sp³-hybridized carbons (Fsp3) is 0.467. The molecule has 2 aromatic carbocycles. The standard InChI is InChI=1S/C30H36N6O/c1-21(2)33-11-13-34(14-12-33)25-8-6-24-18-36-22(3)17-35(19-26(36)20-37-29(24)15-25)28-9-7-23(16-31)30-27(28)5-4-10-32-30/h4-10,15,21-22,26H,11-14,17-20H2,1-3H3/t22-,26-/m1/s1. The van der Waals surface area contributed by atoms with E-state index < -0.39 is 0 Å². The van der Waals surface area contributed by atoms with Crippen LogP contribution in [0.25, 0.3) is 10.9 Å². The Morgan fingerprint density at radius 1 is 1.03 bits per heavy atom. The van der Waals surface area contributed by atoms with Crippen LogP contribution in [-0.4, -0.2) is 78.8 Å². The lowest BCUT2D eigenvalue weighted by Crippen LogP contribution is -2.58. The number of anilines is 2. The van der Waals surface area contributed by atoms with Crippen molar-refractivity contribution in [1.29, 1.82) is 5.26 Å². The number of rotatable bonds is 3. The Morgan fingerprint density at radius 2 is 1.86 bits per heavy atom. The van der Waals surface area contributed by atoms with Crippen molar-refractivity contribution in [3.63, 3.8) is 0 Å². The first-order valence-corrected chi connectivity index (χ1v) is 13.5. The van der Waals surface area contributed by atoms with Gasteiger partial charge in [-0.3, -0.25) is 14.8 Å². The van der Waals surface area contributed by atoms with Crippen LogP contribution in [0.4, 0.5) is 11.4 Å². The highest BCUT2D eigenvalue weighted by molar-refractivity contribution is 5.95. The van der Waals surface area contributed by atoms with Crippen LogP contribution < -0.4 is 14.5 Å². The predicted octanol–water partition coefficient (Wildman–Crippen LogP) is 4.11. The molecule has 2 atom stereocenters. The summed E-state index contributed by atoms with van der Waals surface area (Å²) in [6.45, 7) is 14.6. The van der Waals surface area contributed by atoms with Crippen molar-refractivity contribution in [1.82, 2.24) is 14.8 Å². The zero-order valence-corrected chi connectivity index (χ0v) is 22.1. The number of nitriles is 1. The monoisotopic (exact) mass is 496 g/mol. The van der Waals surface area contributed by atoms with Gasteiger partial charge in [0.05, 0.1) is 17.1 Å². The predicted molar refractivity (Wildman–Crippen MR) is 148 cm³/mol. The molecule has 3 aliphatic heterocycles. The second-order valence-electron chi connectivity index (χ2n) is 10.9. The lowest BCUT2D eigenvalue weighted by atomic mass is 10.0. The zero-order chi connectivity index (χ0) is 25.5. The molecule has 2 fully saturated rings. The maximum absolute atomic E-state index is 9.55. The van der Waals surface area contributed by atoms with E-state index in [0.29, 0.717) is 24.3 Å². The molecule has 192 valence electrons. The molecular weight excluding hydrogens is 460 g/mol. The number of pyridine rings is 1. The van der Waals surface area contributed by atoms with Gasteiger partial charge in [-0.25, -0.2) is 0 Å². The quantitative estimate of drug-likeness (QED) is 0.541. The fourth-order valence-corrected chi connectivity index (χ4v) is 6.26. The number of aromatic nitrogens is 1. The van der Waals surface area contributed by atoms with Gasteiger partial charge in [0.25, 0.3) is 0 Å². The summed E-state index contributed by atoms with van der Waals surface area (Å²) in [4.78, 5) is 14.6. The van der Waals surface area contributed by atoms with E-state index >= 15 is 0 Å². The smallest absolute Gasteiger partial charge is 0.125 e. The first-order valence-electron chi connectivity index (χ1n) is 13.5. The molecule has 0 amide bonds. The number of ether oxygens (including phenoxy) is 1. The topological polar surface area (TPSA) is 58.9 Å². The van der Waals surface area contributed by atoms with Crippen LogP contribution in [0.1, 0.15) is 31.9 Å². The highest BCUT2D eigenvalue weighted by Crippen LogP contribution is 2.35. The maximum atomic E-state index is 9.55. The van der Waals surface area contributed by atoms with Gasteiger partial charge >= 0.3 is 0 Å². The minimum atomic E-state index is 0.288. The highest BCUT2D eigenvalue weighted by Gasteiger charge is 2.36. The molecule has 0 radical (unpaired) electrons. The van der Waals surface area contributed by atoms with Crippen molar-refractivity contribution in [3.05, 3.63) is 59.8 Å². The van der Waals surface area contributed by atoms with Gasteiger partial charge in [-0.1, -0.05) is 6.07 Å². The Labute approximate surface area is 219 Å². The molecule has 7 nitrogen and oxygen atoms in total. The summed E-state index contributed by atoms with van der Waals surface area (Å²) >= 11 is 0. The van der Waals surface area contributed by atoms with Crippen LogP contribution in [0.3, 0.4) is 0 Å². The molecule has 4 heterocycles. The van der Waals surface area contributed by atoms with E-state index in [1.54, 1.807) is 6.20 Å². The Hall–Kier alpha value is -3.34. The molecule has 0 spiro atoms. The average molecular weight is 497 g/mol. The highest BCUT2D eigenvalue weighted by atomic mass is 16.5. The van der Waals surface area contributed by atoms with Gasteiger partial charge in [-0.2, -0.15) is 5.26 Å². The van der Waals surface area contributed by atoms with Crippen molar-refractivity contribution < 1.29 is 4.74 Å². The zero-order valence-electron chi connectivity index (χ0n) is 22.1. The third kappa shape index (κ3) is 4.49. The molecule has 0 unspecified atom stereocenters. The van der Waals surface area contributed by atoms with Crippen LogP contribution in [0.5, 0.6) is 5.75 Å². The van der Waals surface area contributed by atoms with E-state index in [4.69, 9.17) is 4.74 Å². The number of hydrogen-bond donors (Lipinski definition) is 0. The van der Waals surface area contributed by atoms with Crippen molar-refractivity contribution in [2.75, 3.05) is 55.7 Å². The first-order chi connectivity index (χ1) is 18.0. The van der Waals surface area contributed by atoms with Gasteiger partial charge in [-0.05, 0) is 51.1 Å². The van der Waals surface area contributed by atoms with Gasteiger partial charge in [-0.15, -0.1) is 0 Å². The van der Waals surface area contributed by atoms with Gasteiger partial charge in [0, 0.05) is 92.5 Å². The molecule has 3 aromatic rings. The number of piperazine rings is 2. The van der Waals surface area contributed by atoms with E-state index in [9.17, 15) is 5.26 Å². The SMILES string of the molecule is CC(C)N1CCN(c2ccc3c(c2)OC[C@H]2CN(c4ccc(C#N)c5ncccc45)C[C@@H](C)N2C3)CC1. The van der Waals surface area contributed by atoms with E-state index in [0.717, 1.165) is 68.2 Å². The maximum Gasteiger partial charge on any atom is 0.125 e. The molecule has 0 N–H and O–H groups in total. The normalized spacial score (nSPS) is 22.8. The summed E-state index contributed by atoms with van der Waals surface area (Å²) in [6, 6.07) is 18.4. The fourth-order valence-electron chi connectivity index (χ4n) is 6.26. The number of nitrogens with zero attached hydrogens (tertiary/aromatic N) is 6. The summed E-state index contributed by atoms with van der Waals surface area (Å²) in [5.74, 6) is 1.03. The van der Waals surface area contributed by atoms with E-state index in [1.807, 2.05) is 12.1 Å². The molecule has 0 saturated carbocycles. The first kappa shape index (κ1) is 24.0. The van der Waals surface area contributed by atoms with Crippen LogP contribution in [0, 0.1) is 11.3 Å². The van der Waals surface area contributed by atoms with Crippen molar-refractivity contribution >= 4 is 22.3 Å². The summed E-state index contributed by atoms with van der Waals surface area (Å²) in [5, 5.41) is 10.6. The third-order valence-corrected chi connectivity index (χ3v) is 8.40. The summed E-state index contributed by atoms with van der Waals surface area (Å²) in [5.41, 5.74) is 5.11. The van der Waals surface area contributed by atoms with Gasteiger partial charge in [0.2, 0.25) is 0 Å². The average Bonchev–Trinajstić information content (AvgIpc) is 3.12. The molecule has 7 heteroatoms. The van der Waals surface area contributed by atoms with E-state index in [2.05, 4.69) is 81.8 Å². The molecule has 0 aliphatic carbocycles. The van der Waals surface area contributed by atoms with Gasteiger partial charge < -0.3 is 14.5 Å². The molecule has 37 heavy (non-hydrogen) atoms. The number of fused-ring (bicyclic) bond motifs is 3. The largest absolute Gasteiger partial charge is 0.491 e. The summed E-state index contributed by atoms with van der Waals surface area (Å²) in [7, 11) is 0. The molecule has 0 bridgehead atoms. The molecular formula is C30H36N6O. The van der Waals surface area contributed by atoms with Crippen molar-refractivity contribution in [2.24, 2.45) is 0 Å². The lowest BCUT2D eigenvalue weighted by molar-refractivity contribution is 0.0892. The number of hydrogen-bond acceptors (Lipinski definition) is 7. The Bertz CT molecular complexity index is 1330. The van der Waals surface area contributed by atoms with Crippen LogP contribution in [-0.2, 0) is 6.54 Å². The van der Waals surface area contributed by atoms with E-state index in [-0.39, 0.29) is 6.04 Å². The van der Waals surface area contributed by atoms with Crippen molar-refractivity contribution in [3.8, 4) is 11.8 Å². The van der Waals surface area contributed by atoms with Crippen LogP contribution in [0.15, 0.2) is 48.7 Å².